The Labute approximate surface area is 129 Å². The highest BCUT2D eigenvalue weighted by atomic mass is 16.4. The number of nitrogens with zero attached hydrogens (tertiary/aromatic N) is 1. The van der Waals surface area contributed by atoms with Gasteiger partial charge >= 0.3 is 5.97 Å². The molecule has 0 aromatic rings. The molecular weight excluding hydrogens is 264 g/mol. The normalized spacial score (nSPS) is 30.0. The van der Waals surface area contributed by atoms with E-state index in [1.54, 1.807) is 0 Å². The number of carboxylic acid groups (broad SMARTS) is 1. The number of hydrogen-bond donors (Lipinski definition) is 2. The molecule has 2 fully saturated rings. The van der Waals surface area contributed by atoms with Crippen LogP contribution >= 0.6 is 0 Å². The van der Waals surface area contributed by atoms with Crippen LogP contribution in [0.25, 0.3) is 0 Å². The highest BCUT2D eigenvalue weighted by Gasteiger charge is 2.51. The molecule has 2 unspecified atom stereocenters. The van der Waals surface area contributed by atoms with Gasteiger partial charge in [-0.1, -0.05) is 13.3 Å². The Morgan fingerprint density at radius 1 is 1.38 bits per heavy atom. The van der Waals surface area contributed by atoms with Crippen LogP contribution in [0, 0.1) is 5.92 Å². The molecule has 0 radical (unpaired) electrons. The second-order valence-corrected chi connectivity index (χ2v) is 7.66. The summed E-state index contributed by atoms with van der Waals surface area (Å²) in [6.45, 7) is 7.71. The van der Waals surface area contributed by atoms with Gasteiger partial charge < -0.3 is 10.0 Å². The summed E-state index contributed by atoms with van der Waals surface area (Å²) in [5, 5.41) is 13.3. The summed E-state index contributed by atoms with van der Waals surface area (Å²) < 4.78 is 0. The monoisotopic (exact) mass is 296 g/mol. The van der Waals surface area contributed by atoms with Gasteiger partial charge in [0.25, 0.3) is 0 Å². The first-order valence-corrected chi connectivity index (χ1v) is 8.54. The van der Waals surface area contributed by atoms with E-state index >= 15 is 0 Å². The van der Waals surface area contributed by atoms with Crippen molar-refractivity contribution < 1.29 is 9.90 Å². The lowest BCUT2D eigenvalue weighted by atomic mass is 9.84. The Balaban J connectivity index is 1.98. The molecule has 2 saturated carbocycles. The van der Waals surface area contributed by atoms with Crippen LogP contribution in [0.3, 0.4) is 0 Å². The molecule has 2 rings (SSSR count). The van der Waals surface area contributed by atoms with Crippen LogP contribution in [0.1, 0.15) is 65.7 Å². The Morgan fingerprint density at radius 3 is 2.57 bits per heavy atom. The van der Waals surface area contributed by atoms with Gasteiger partial charge in [-0.25, -0.2) is 0 Å². The minimum Gasteiger partial charge on any atom is -0.480 e. The third kappa shape index (κ3) is 3.59. The molecule has 0 aromatic heterocycles. The second kappa shape index (κ2) is 6.25. The molecule has 2 N–H and O–H groups in total. The van der Waals surface area contributed by atoms with Gasteiger partial charge in [0.1, 0.15) is 5.54 Å². The standard InChI is InChI=1S/C17H32N2O2/c1-5-16(2,3)19(4)12-10-13-7-6-11-17(13,15(20)21)18-14-8-9-14/h13-14,18H,5-12H2,1-4H3,(H,20,21). The van der Waals surface area contributed by atoms with Crippen molar-refractivity contribution in [1.82, 2.24) is 10.2 Å². The molecule has 0 aliphatic heterocycles. The van der Waals surface area contributed by atoms with Crippen molar-refractivity contribution in [3.8, 4) is 0 Å². The lowest BCUT2D eigenvalue weighted by Crippen LogP contribution is -2.56. The van der Waals surface area contributed by atoms with Crippen LogP contribution in [0.15, 0.2) is 0 Å². The minimum absolute atomic E-state index is 0.189. The van der Waals surface area contributed by atoms with E-state index in [0.717, 1.165) is 51.5 Å². The summed E-state index contributed by atoms with van der Waals surface area (Å²) in [5.74, 6) is -0.361. The molecule has 4 nitrogen and oxygen atoms in total. The van der Waals surface area contributed by atoms with E-state index in [1.165, 1.54) is 0 Å². The van der Waals surface area contributed by atoms with Crippen molar-refractivity contribution in [1.29, 1.82) is 0 Å². The summed E-state index contributed by atoms with van der Waals surface area (Å²) >= 11 is 0. The number of carboxylic acids is 1. The molecule has 2 aliphatic carbocycles. The van der Waals surface area contributed by atoms with Crippen molar-refractivity contribution >= 4 is 5.97 Å². The molecule has 0 saturated heterocycles. The van der Waals surface area contributed by atoms with Crippen LogP contribution in [-0.2, 0) is 4.79 Å². The van der Waals surface area contributed by atoms with Crippen molar-refractivity contribution in [2.45, 2.75) is 82.8 Å². The molecule has 4 heteroatoms. The Morgan fingerprint density at radius 2 is 2.05 bits per heavy atom. The quantitative estimate of drug-likeness (QED) is 0.723. The van der Waals surface area contributed by atoms with Gasteiger partial charge in [0.05, 0.1) is 0 Å². The number of hydrogen-bond acceptors (Lipinski definition) is 3. The molecule has 0 bridgehead atoms. The Kier molecular flexibility index (Phi) is 4.99. The molecule has 2 atom stereocenters. The zero-order chi connectivity index (χ0) is 15.7. The molecule has 0 heterocycles. The van der Waals surface area contributed by atoms with Crippen molar-refractivity contribution in [3.05, 3.63) is 0 Å². The van der Waals surface area contributed by atoms with Crippen LogP contribution in [0.4, 0.5) is 0 Å². The summed E-state index contributed by atoms with van der Waals surface area (Å²) in [6, 6.07) is 0.450. The SMILES string of the molecule is CCC(C)(C)N(C)CCC1CCCC1(NC1CC1)C(=O)O. The van der Waals surface area contributed by atoms with Crippen LogP contribution < -0.4 is 5.32 Å². The molecule has 0 amide bonds. The van der Waals surface area contributed by atoms with E-state index in [9.17, 15) is 9.90 Å². The van der Waals surface area contributed by atoms with Gasteiger partial charge in [-0.15, -0.1) is 0 Å². The number of carbonyl (C=O) groups is 1. The Hall–Kier alpha value is -0.610. The van der Waals surface area contributed by atoms with E-state index in [1.807, 2.05) is 0 Å². The maximum Gasteiger partial charge on any atom is 0.324 e. The van der Waals surface area contributed by atoms with Crippen molar-refractivity contribution in [3.63, 3.8) is 0 Å². The van der Waals surface area contributed by atoms with E-state index < -0.39 is 11.5 Å². The van der Waals surface area contributed by atoms with E-state index in [4.69, 9.17) is 0 Å². The van der Waals surface area contributed by atoms with Gasteiger partial charge in [0.2, 0.25) is 0 Å². The predicted molar refractivity (Wildman–Crippen MR) is 85.5 cm³/mol. The lowest BCUT2D eigenvalue weighted by Gasteiger charge is -2.38. The number of aliphatic carboxylic acids is 1. The summed E-state index contributed by atoms with van der Waals surface area (Å²) in [4.78, 5) is 14.3. The zero-order valence-electron chi connectivity index (χ0n) is 14.1. The lowest BCUT2D eigenvalue weighted by molar-refractivity contribution is -0.147. The molecule has 2 aliphatic rings. The first kappa shape index (κ1) is 16.8. The summed E-state index contributed by atoms with van der Waals surface area (Å²) in [5.41, 5.74) is -0.466. The van der Waals surface area contributed by atoms with Gasteiger partial charge in [0.15, 0.2) is 0 Å². The van der Waals surface area contributed by atoms with E-state index in [-0.39, 0.29) is 11.5 Å². The fourth-order valence-corrected chi connectivity index (χ4v) is 3.52. The van der Waals surface area contributed by atoms with Crippen molar-refractivity contribution in [2.24, 2.45) is 5.92 Å². The fourth-order valence-electron chi connectivity index (χ4n) is 3.52. The molecule has 0 spiro atoms. The van der Waals surface area contributed by atoms with Crippen LogP contribution in [-0.4, -0.2) is 46.7 Å². The molecule has 122 valence electrons. The first-order valence-electron chi connectivity index (χ1n) is 8.54. The molecule has 21 heavy (non-hydrogen) atoms. The van der Waals surface area contributed by atoms with Crippen molar-refractivity contribution in [2.75, 3.05) is 13.6 Å². The number of rotatable bonds is 8. The zero-order valence-corrected chi connectivity index (χ0v) is 14.1. The fraction of sp³-hybridized carbons (Fsp3) is 0.941. The van der Waals surface area contributed by atoms with Gasteiger partial charge in [-0.2, -0.15) is 0 Å². The molecule has 0 aromatic carbocycles. The average Bonchev–Trinajstić information content (AvgIpc) is 3.14. The summed E-state index contributed by atoms with van der Waals surface area (Å²) in [6.07, 6.45) is 7.26. The third-order valence-corrected chi connectivity index (χ3v) is 5.95. The van der Waals surface area contributed by atoms with Crippen LogP contribution in [0.5, 0.6) is 0 Å². The maximum absolute atomic E-state index is 11.9. The second-order valence-electron chi connectivity index (χ2n) is 7.66. The van der Waals surface area contributed by atoms with Gasteiger partial charge in [0, 0.05) is 11.6 Å². The Bertz CT molecular complexity index is 379. The number of nitrogens with one attached hydrogen (secondary N) is 1. The van der Waals surface area contributed by atoms with Crippen LogP contribution in [0.2, 0.25) is 0 Å². The van der Waals surface area contributed by atoms with E-state index in [0.29, 0.717) is 6.04 Å². The topological polar surface area (TPSA) is 52.6 Å². The highest BCUT2D eigenvalue weighted by molar-refractivity contribution is 5.80. The van der Waals surface area contributed by atoms with Gasteiger partial charge in [-0.05, 0) is 71.9 Å². The highest BCUT2D eigenvalue weighted by Crippen LogP contribution is 2.41. The molecular formula is C17H32N2O2. The third-order valence-electron chi connectivity index (χ3n) is 5.95. The minimum atomic E-state index is -0.654. The van der Waals surface area contributed by atoms with Gasteiger partial charge in [-0.3, -0.25) is 10.1 Å². The smallest absolute Gasteiger partial charge is 0.324 e. The predicted octanol–water partition coefficient (Wildman–Crippen LogP) is 2.87. The summed E-state index contributed by atoms with van der Waals surface area (Å²) in [7, 11) is 2.16. The first-order chi connectivity index (χ1) is 9.82. The average molecular weight is 296 g/mol. The van der Waals surface area contributed by atoms with E-state index in [2.05, 4.69) is 38.0 Å². The largest absolute Gasteiger partial charge is 0.480 e. The maximum atomic E-state index is 11.9.